The molecule has 0 saturated carbocycles. The molecule has 9 rings (SSSR count). The third kappa shape index (κ3) is 3.47. The van der Waals surface area contributed by atoms with E-state index in [2.05, 4.69) is 150 Å². The third-order valence-corrected chi connectivity index (χ3v) is 9.57. The lowest BCUT2D eigenvalue weighted by Gasteiger charge is -2.11. The number of nitrogens with zero attached hydrogens (tertiary/aromatic N) is 2. The predicted octanol–water partition coefficient (Wildman–Crippen LogP) is 11.0. The number of thiophene rings is 1. The first-order chi connectivity index (χ1) is 20.8. The molecule has 0 fully saturated rings. The highest BCUT2D eigenvalue weighted by Crippen LogP contribution is 2.43. The van der Waals surface area contributed by atoms with Crippen molar-refractivity contribution in [1.82, 2.24) is 9.55 Å². The van der Waals surface area contributed by atoms with Crippen LogP contribution in [0.4, 0.5) is 0 Å². The monoisotopic (exact) mass is 552 g/mol. The molecule has 0 unspecified atom stereocenters. The second kappa shape index (κ2) is 9.13. The molecule has 0 aliphatic carbocycles. The van der Waals surface area contributed by atoms with Crippen molar-refractivity contribution in [3.8, 4) is 28.1 Å². The predicted molar refractivity (Wildman–Crippen MR) is 180 cm³/mol. The summed E-state index contributed by atoms with van der Waals surface area (Å²) < 4.78 is 4.92. The summed E-state index contributed by atoms with van der Waals surface area (Å²) in [7, 11) is 0. The van der Waals surface area contributed by atoms with E-state index >= 15 is 0 Å². The summed E-state index contributed by atoms with van der Waals surface area (Å²) in [6.45, 7) is 0. The lowest BCUT2D eigenvalue weighted by atomic mass is 10.00. The van der Waals surface area contributed by atoms with Gasteiger partial charge in [-0.2, -0.15) is 0 Å². The molecular weight excluding hydrogens is 529 g/mol. The summed E-state index contributed by atoms with van der Waals surface area (Å²) in [5.74, 6) is 0. The second-order valence-electron chi connectivity index (χ2n) is 10.8. The fourth-order valence-electron chi connectivity index (χ4n) is 6.47. The van der Waals surface area contributed by atoms with Crippen LogP contribution in [0.25, 0.3) is 81.0 Å². The maximum Gasteiger partial charge on any atom is 0.0888 e. The van der Waals surface area contributed by atoms with Gasteiger partial charge in [0.15, 0.2) is 0 Å². The summed E-state index contributed by atoms with van der Waals surface area (Å²) in [4.78, 5) is 5.18. The molecule has 2 nitrogen and oxygen atoms in total. The first kappa shape index (κ1) is 23.5. The topological polar surface area (TPSA) is 17.8 Å². The molecule has 0 radical (unpaired) electrons. The molecular formula is C39H24N2S. The van der Waals surface area contributed by atoms with E-state index in [1.807, 2.05) is 11.3 Å². The largest absolute Gasteiger partial charge is 0.309 e. The molecule has 0 amide bonds. The number of pyridine rings is 1. The molecule has 0 aliphatic heterocycles. The summed E-state index contributed by atoms with van der Waals surface area (Å²) in [6, 6.07) is 52.3. The van der Waals surface area contributed by atoms with Gasteiger partial charge in [0.25, 0.3) is 0 Å². The normalized spacial score (nSPS) is 11.8. The van der Waals surface area contributed by atoms with Gasteiger partial charge in [-0.25, -0.2) is 4.98 Å². The summed E-state index contributed by atoms with van der Waals surface area (Å²) in [5.41, 5.74) is 9.22. The minimum atomic E-state index is 1.03. The zero-order valence-electron chi connectivity index (χ0n) is 22.7. The average Bonchev–Trinajstić information content (AvgIpc) is 3.61. The first-order valence-corrected chi connectivity index (χ1v) is 15.0. The fourth-order valence-corrected chi connectivity index (χ4v) is 7.70. The molecule has 0 bridgehead atoms. The zero-order valence-corrected chi connectivity index (χ0v) is 23.5. The van der Waals surface area contributed by atoms with E-state index in [0.29, 0.717) is 0 Å². The lowest BCUT2D eigenvalue weighted by molar-refractivity contribution is 1.18. The van der Waals surface area contributed by atoms with Gasteiger partial charge in [0.05, 0.1) is 26.9 Å². The fraction of sp³-hybridized carbons (Fsp3) is 0. The van der Waals surface area contributed by atoms with Crippen LogP contribution in [0.1, 0.15) is 0 Å². The van der Waals surface area contributed by atoms with Gasteiger partial charge in [0.1, 0.15) is 0 Å². The Morgan fingerprint density at radius 1 is 0.476 bits per heavy atom. The summed E-state index contributed by atoms with van der Waals surface area (Å²) in [6.07, 6.45) is 0. The van der Waals surface area contributed by atoms with Crippen molar-refractivity contribution in [3.63, 3.8) is 0 Å². The van der Waals surface area contributed by atoms with E-state index in [0.717, 1.165) is 22.5 Å². The van der Waals surface area contributed by atoms with Crippen LogP contribution in [-0.2, 0) is 0 Å². The van der Waals surface area contributed by atoms with Crippen molar-refractivity contribution in [2.75, 3.05) is 0 Å². The highest BCUT2D eigenvalue weighted by molar-refractivity contribution is 7.26. The van der Waals surface area contributed by atoms with Gasteiger partial charge in [0, 0.05) is 42.9 Å². The molecule has 0 aliphatic rings. The molecule has 9 aromatic rings. The van der Waals surface area contributed by atoms with Crippen LogP contribution >= 0.6 is 11.3 Å². The SMILES string of the molecule is c1cc(-c2ccc(-c3nc4ccccc4c4c3sc3ccccc34)cc2)cc(-n2c3ccccc3c3ccccc32)c1. The van der Waals surface area contributed by atoms with Gasteiger partial charge >= 0.3 is 0 Å². The number of rotatable bonds is 3. The maximum atomic E-state index is 5.18. The first-order valence-electron chi connectivity index (χ1n) is 14.2. The molecule has 0 atom stereocenters. The number of benzene rings is 6. The Morgan fingerprint density at radius 2 is 1.10 bits per heavy atom. The van der Waals surface area contributed by atoms with E-state index in [9.17, 15) is 0 Å². The van der Waals surface area contributed by atoms with Crippen molar-refractivity contribution >= 4 is 64.2 Å². The molecule has 3 heteroatoms. The van der Waals surface area contributed by atoms with E-state index < -0.39 is 0 Å². The van der Waals surface area contributed by atoms with E-state index in [4.69, 9.17) is 4.98 Å². The summed E-state index contributed by atoms with van der Waals surface area (Å²) in [5, 5.41) is 6.37. The minimum absolute atomic E-state index is 1.03. The van der Waals surface area contributed by atoms with E-state index in [1.54, 1.807) is 0 Å². The standard InChI is InChI=1S/C39H24N2S/c1-5-16-33-31(14-1)37-32-15-4-8-19-36(32)42-39(37)38(40-33)26-22-20-25(21-23-26)27-10-9-11-28(24-27)41-34-17-6-2-12-29(34)30-13-3-7-18-35(30)41/h1-24H. The number of para-hydroxylation sites is 3. The zero-order chi connectivity index (χ0) is 27.6. The quantitative estimate of drug-likeness (QED) is 0.213. The molecule has 3 heterocycles. The molecule has 0 spiro atoms. The summed E-state index contributed by atoms with van der Waals surface area (Å²) >= 11 is 1.84. The smallest absolute Gasteiger partial charge is 0.0888 e. The van der Waals surface area contributed by atoms with Crippen molar-refractivity contribution in [2.45, 2.75) is 0 Å². The minimum Gasteiger partial charge on any atom is -0.309 e. The Hall–Kier alpha value is -5.25. The van der Waals surface area contributed by atoms with Crippen LogP contribution in [0.3, 0.4) is 0 Å². The van der Waals surface area contributed by atoms with E-state index in [1.165, 1.54) is 58.5 Å². The van der Waals surface area contributed by atoms with E-state index in [-0.39, 0.29) is 0 Å². The van der Waals surface area contributed by atoms with Crippen LogP contribution in [0, 0.1) is 0 Å². The van der Waals surface area contributed by atoms with Crippen LogP contribution in [-0.4, -0.2) is 9.55 Å². The van der Waals surface area contributed by atoms with Crippen LogP contribution < -0.4 is 0 Å². The van der Waals surface area contributed by atoms with Crippen molar-refractivity contribution in [2.24, 2.45) is 0 Å². The number of hydrogen-bond acceptors (Lipinski definition) is 2. The van der Waals surface area contributed by atoms with Crippen molar-refractivity contribution in [3.05, 3.63) is 146 Å². The molecule has 196 valence electrons. The number of aromatic nitrogens is 2. The van der Waals surface area contributed by atoms with Crippen LogP contribution in [0.5, 0.6) is 0 Å². The molecule has 42 heavy (non-hydrogen) atoms. The van der Waals surface area contributed by atoms with Gasteiger partial charge < -0.3 is 4.57 Å². The van der Waals surface area contributed by atoms with Gasteiger partial charge in [0.2, 0.25) is 0 Å². The lowest BCUT2D eigenvalue weighted by Crippen LogP contribution is -1.94. The van der Waals surface area contributed by atoms with Gasteiger partial charge in [-0.3, -0.25) is 0 Å². The highest BCUT2D eigenvalue weighted by atomic mass is 32.1. The number of fused-ring (bicyclic) bond motifs is 8. The maximum absolute atomic E-state index is 5.18. The molecule has 0 saturated heterocycles. The van der Waals surface area contributed by atoms with Crippen molar-refractivity contribution in [1.29, 1.82) is 0 Å². The second-order valence-corrected chi connectivity index (χ2v) is 11.8. The highest BCUT2D eigenvalue weighted by Gasteiger charge is 2.16. The Labute approximate surface area is 246 Å². The Kier molecular flexibility index (Phi) is 5.10. The molecule has 0 N–H and O–H groups in total. The molecule has 6 aromatic carbocycles. The van der Waals surface area contributed by atoms with Crippen LogP contribution in [0.15, 0.2) is 146 Å². The average molecular weight is 553 g/mol. The number of hydrogen-bond donors (Lipinski definition) is 0. The van der Waals surface area contributed by atoms with Gasteiger partial charge in [-0.15, -0.1) is 11.3 Å². The van der Waals surface area contributed by atoms with Gasteiger partial charge in [-0.1, -0.05) is 109 Å². The third-order valence-electron chi connectivity index (χ3n) is 8.39. The van der Waals surface area contributed by atoms with Crippen LogP contribution in [0.2, 0.25) is 0 Å². The van der Waals surface area contributed by atoms with Gasteiger partial charge in [-0.05, 0) is 47.5 Å². The Bertz CT molecular complexity index is 2410. The van der Waals surface area contributed by atoms with Crippen molar-refractivity contribution < 1.29 is 0 Å². The Balaban J connectivity index is 1.18. The Morgan fingerprint density at radius 3 is 1.86 bits per heavy atom. The molecule has 3 aromatic heterocycles.